The molecule has 0 aliphatic rings. The van der Waals surface area contributed by atoms with Gasteiger partial charge in [-0.15, -0.1) is 0 Å². The number of ether oxygens (including phenoxy) is 2. The SMILES string of the molecule is COC(=O)C(=Nc1ccc(N(C)C)cc1)C(=O)OC. The van der Waals surface area contributed by atoms with Crippen LogP contribution in [0.15, 0.2) is 29.3 Å². The second-order valence-electron chi connectivity index (χ2n) is 3.85. The molecule has 0 aliphatic heterocycles. The first-order chi connectivity index (χ1) is 8.99. The van der Waals surface area contributed by atoms with Gasteiger partial charge in [0.25, 0.3) is 0 Å². The zero-order valence-corrected chi connectivity index (χ0v) is 11.3. The molecule has 0 saturated heterocycles. The molecule has 0 N–H and O–H groups in total. The summed E-state index contributed by atoms with van der Waals surface area (Å²) in [5, 5.41) is 0. The molecule has 0 spiro atoms. The average molecular weight is 264 g/mol. The fourth-order valence-corrected chi connectivity index (χ4v) is 1.32. The third-order valence-electron chi connectivity index (χ3n) is 2.36. The monoisotopic (exact) mass is 264 g/mol. The van der Waals surface area contributed by atoms with Crippen molar-refractivity contribution in [3.05, 3.63) is 24.3 Å². The van der Waals surface area contributed by atoms with E-state index >= 15 is 0 Å². The van der Waals surface area contributed by atoms with Gasteiger partial charge in [0.2, 0.25) is 5.71 Å². The number of carbonyl (C=O) groups excluding carboxylic acids is 2. The maximum atomic E-state index is 11.4. The molecule has 0 saturated carbocycles. The summed E-state index contributed by atoms with van der Waals surface area (Å²) in [5.74, 6) is -1.66. The van der Waals surface area contributed by atoms with E-state index in [0.717, 1.165) is 5.69 Å². The van der Waals surface area contributed by atoms with Crippen molar-refractivity contribution in [2.75, 3.05) is 33.2 Å². The summed E-state index contributed by atoms with van der Waals surface area (Å²) in [6, 6.07) is 7.04. The van der Waals surface area contributed by atoms with Crippen molar-refractivity contribution in [1.29, 1.82) is 0 Å². The molecule has 1 aromatic rings. The Morgan fingerprint density at radius 1 is 1.00 bits per heavy atom. The molecule has 1 aromatic carbocycles. The van der Waals surface area contributed by atoms with Crippen molar-refractivity contribution >= 4 is 29.0 Å². The van der Waals surface area contributed by atoms with Crippen molar-refractivity contribution < 1.29 is 19.1 Å². The van der Waals surface area contributed by atoms with Crippen molar-refractivity contribution in [2.45, 2.75) is 0 Å². The molecular weight excluding hydrogens is 248 g/mol. The number of esters is 2. The zero-order valence-electron chi connectivity index (χ0n) is 11.3. The van der Waals surface area contributed by atoms with E-state index in [0.29, 0.717) is 5.69 Å². The fourth-order valence-electron chi connectivity index (χ4n) is 1.32. The summed E-state index contributed by atoms with van der Waals surface area (Å²) >= 11 is 0. The molecule has 6 nitrogen and oxygen atoms in total. The lowest BCUT2D eigenvalue weighted by Crippen LogP contribution is -2.26. The van der Waals surface area contributed by atoms with Crippen molar-refractivity contribution in [2.24, 2.45) is 4.99 Å². The van der Waals surface area contributed by atoms with E-state index in [1.807, 2.05) is 31.1 Å². The van der Waals surface area contributed by atoms with Crippen LogP contribution in [0.1, 0.15) is 0 Å². The Balaban J connectivity index is 3.08. The number of aliphatic imine (C=N–C) groups is 1. The Hall–Kier alpha value is -2.37. The topological polar surface area (TPSA) is 68.2 Å². The lowest BCUT2D eigenvalue weighted by atomic mass is 10.2. The molecule has 0 bridgehead atoms. The van der Waals surface area contributed by atoms with Crippen LogP contribution >= 0.6 is 0 Å². The maximum Gasteiger partial charge on any atom is 0.364 e. The van der Waals surface area contributed by atoms with E-state index in [2.05, 4.69) is 14.5 Å². The van der Waals surface area contributed by atoms with Gasteiger partial charge in [0.1, 0.15) is 0 Å². The van der Waals surface area contributed by atoms with Gasteiger partial charge < -0.3 is 14.4 Å². The highest BCUT2D eigenvalue weighted by Crippen LogP contribution is 2.18. The number of anilines is 1. The van der Waals surface area contributed by atoms with E-state index in [-0.39, 0.29) is 5.71 Å². The minimum absolute atomic E-state index is 0.386. The Kier molecular flexibility index (Phi) is 5.05. The molecule has 0 fully saturated rings. The summed E-state index contributed by atoms with van der Waals surface area (Å²) < 4.78 is 8.98. The highest BCUT2D eigenvalue weighted by Gasteiger charge is 2.22. The normalized spacial score (nSPS) is 9.47. The number of carbonyl (C=O) groups is 2. The van der Waals surface area contributed by atoms with Crippen LogP contribution in [0, 0.1) is 0 Å². The number of nitrogens with zero attached hydrogens (tertiary/aromatic N) is 2. The van der Waals surface area contributed by atoms with Gasteiger partial charge in [0.05, 0.1) is 19.9 Å². The second-order valence-corrected chi connectivity index (χ2v) is 3.85. The number of hydrogen-bond donors (Lipinski definition) is 0. The third-order valence-corrected chi connectivity index (χ3v) is 2.36. The molecular formula is C13H16N2O4. The van der Waals surface area contributed by atoms with Gasteiger partial charge in [0.15, 0.2) is 0 Å². The van der Waals surface area contributed by atoms with E-state index in [1.165, 1.54) is 14.2 Å². The predicted octanol–water partition coefficient (Wildman–Crippen LogP) is 1.17. The first-order valence-electron chi connectivity index (χ1n) is 5.52. The quantitative estimate of drug-likeness (QED) is 0.464. The lowest BCUT2D eigenvalue weighted by Gasteiger charge is -2.11. The Bertz CT molecular complexity index is 474. The number of hydrogen-bond acceptors (Lipinski definition) is 6. The van der Waals surface area contributed by atoms with Crippen LogP contribution in [0.4, 0.5) is 11.4 Å². The smallest absolute Gasteiger partial charge is 0.364 e. The number of rotatable bonds is 4. The molecule has 102 valence electrons. The van der Waals surface area contributed by atoms with Gasteiger partial charge >= 0.3 is 11.9 Å². The van der Waals surface area contributed by atoms with Crippen LogP contribution in [-0.2, 0) is 19.1 Å². The van der Waals surface area contributed by atoms with Gasteiger partial charge in [-0.1, -0.05) is 0 Å². The summed E-state index contributed by atoms with van der Waals surface area (Å²) in [6.45, 7) is 0. The summed E-state index contributed by atoms with van der Waals surface area (Å²) in [5.41, 5.74) is 1.07. The van der Waals surface area contributed by atoms with Crippen LogP contribution in [0.2, 0.25) is 0 Å². The largest absolute Gasteiger partial charge is 0.464 e. The molecule has 0 amide bonds. The molecule has 0 radical (unpaired) electrons. The van der Waals surface area contributed by atoms with E-state index in [9.17, 15) is 9.59 Å². The zero-order chi connectivity index (χ0) is 14.4. The van der Waals surface area contributed by atoms with Crippen LogP contribution in [0.5, 0.6) is 0 Å². The van der Waals surface area contributed by atoms with Gasteiger partial charge in [-0.05, 0) is 24.3 Å². The van der Waals surface area contributed by atoms with Gasteiger partial charge in [-0.25, -0.2) is 14.6 Å². The minimum Gasteiger partial charge on any atom is -0.464 e. The Labute approximate surface area is 111 Å². The molecule has 0 heterocycles. The lowest BCUT2D eigenvalue weighted by molar-refractivity contribution is -0.138. The van der Waals surface area contributed by atoms with Gasteiger partial charge in [0, 0.05) is 19.8 Å². The summed E-state index contributed by atoms with van der Waals surface area (Å²) in [7, 11) is 6.17. The summed E-state index contributed by atoms with van der Waals surface area (Å²) in [4.78, 5) is 28.7. The average Bonchev–Trinajstić information content (AvgIpc) is 2.43. The highest BCUT2D eigenvalue weighted by molar-refractivity contribution is 6.62. The maximum absolute atomic E-state index is 11.4. The van der Waals surface area contributed by atoms with Gasteiger partial charge in [-0.3, -0.25) is 0 Å². The third kappa shape index (κ3) is 3.80. The second kappa shape index (κ2) is 6.53. The van der Waals surface area contributed by atoms with Crippen LogP contribution in [0.3, 0.4) is 0 Å². The van der Waals surface area contributed by atoms with Crippen molar-refractivity contribution in [1.82, 2.24) is 0 Å². The van der Waals surface area contributed by atoms with Crippen molar-refractivity contribution in [3.63, 3.8) is 0 Å². The highest BCUT2D eigenvalue weighted by atomic mass is 16.5. The van der Waals surface area contributed by atoms with E-state index in [1.54, 1.807) is 12.1 Å². The Morgan fingerprint density at radius 3 is 1.84 bits per heavy atom. The van der Waals surface area contributed by atoms with Crippen LogP contribution in [0.25, 0.3) is 0 Å². The van der Waals surface area contributed by atoms with Crippen molar-refractivity contribution in [3.8, 4) is 0 Å². The van der Waals surface area contributed by atoms with E-state index < -0.39 is 11.9 Å². The number of methoxy groups -OCH3 is 2. The molecule has 6 heteroatoms. The van der Waals surface area contributed by atoms with E-state index in [4.69, 9.17) is 0 Å². The predicted molar refractivity (Wildman–Crippen MR) is 71.9 cm³/mol. The first kappa shape index (κ1) is 14.7. The minimum atomic E-state index is -0.830. The molecule has 0 aromatic heterocycles. The van der Waals surface area contributed by atoms with Crippen LogP contribution < -0.4 is 4.90 Å². The number of benzene rings is 1. The van der Waals surface area contributed by atoms with Crippen LogP contribution in [-0.4, -0.2) is 46.0 Å². The summed E-state index contributed by atoms with van der Waals surface area (Å²) in [6.07, 6.45) is 0. The standard InChI is InChI=1S/C13H16N2O4/c1-15(2)10-7-5-9(6-8-10)14-11(12(16)18-3)13(17)19-4/h5-8H,1-4H3. The molecule has 0 aliphatic carbocycles. The fraction of sp³-hybridized carbons (Fsp3) is 0.308. The van der Waals surface area contributed by atoms with Gasteiger partial charge in [-0.2, -0.15) is 0 Å². The molecule has 0 atom stereocenters. The molecule has 1 rings (SSSR count). The molecule has 0 unspecified atom stereocenters. The Morgan fingerprint density at radius 2 is 1.47 bits per heavy atom. The first-order valence-corrected chi connectivity index (χ1v) is 5.52. The molecule has 19 heavy (non-hydrogen) atoms.